The molecule has 0 aliphatic heterocycles. The molecule has 0 unspecified atom stereocenters. The highest BCUT2D eigenvalue weighted by atomic mass is 14.7. The van der Waals surface area contributed by atoms with E-state index in [-0.39, 0.29) is 0 Å². The molecule has 1 heterocycles. The number of aromatic amines is 1. The van der Waals surface area contributed by atoms with Gasteiger partial charge in [-0.25, -0.2) is 0 Å². The van der Waals surface area contributed by atoms with Crippen LogP contribution in [0.25, 0.3) is 55.2 Å². The second kappa shape index (κ2) is 5.09. The van der Waals surface area contributed by atoms with Gasteiger partial charge in [-0.05, 0) is 51.7 Å². The van der Waals surface area contributed by atoms with E-state index in [1.807, 2.05) is 24.3 Å². The average molecular weight is 342 g/mol. The van der Waals surface area contributed by atoms with Crippen LogP contribution in [-0.2, 0) is 0 Å². The molecule has 0 atom stereocenters. The quantitative estimate of drug-likeness (QED) is 0.363. The summed E-state index contributed by atoms with van der Waals surface area (Å²) in [5, 5.41) is 12.9. The van der Waals surface area contributed by atoms with E-state index in [2.05, 4.69) is 65.7 Å². The number of nitrogens with one attached hydrogen (secondary N) is 1. The standard InChI is InChI=1S/C25H14N2/c26-14-15-7-9-16(10-8-15)18-11-12-22-21(13-18)24-19-5-1-3-17-4-2-6-20(23(17)19)25(24)27-22/h1-13,27H. The van der Waals surface area contributed by atoms with Gasteiger partial charge in [0, 0.05) is 22.0 Å². The normalized spacial score (nSPS) is 11.7. The zero-order valence-electron chi connectivity index (χ0n) is 14.5. The first kappa shape index (κ1) is 14.4. The van der Waals surface area contributed by atoms with E-state index in [9.17, 15) is 0 Å². The fourth-order valence-corrected chi connectivity index (χ4v) is 4.35. The van der Waals surface area contributed by atoms with Crippen molar-refractivity contribution in [2.75, 3.05) is 0 Å². The van der Waals surface area contributed by atoms with Gasteiger partial charge in [0.2, 0.25) is 0 Å². The third kappa shape index (κ3) is 1.89. The summed E-state index contributed by atoms with van der Waals surface area (Å²) in [4.78, 5) is 3.64. The second-order valence-electron chi connectivity index (χ2n) is 7.03. The Morgan fingerprint density at radius 3 is 2.26 bits per heavy atom. The summed E-state index contributed by atoms with van der Waals surface area (Å²) in [7, 11) is 0. The van der Waals surface area contributed by atoms with Gasteiger partial charge in [-0.1, -0.05) is 54.6 Å². The van der Waals surface area contributed by atoms with Crippen molar-refractivity contribution in [2.45, 2.75) is 0 Å². The van der Waals surface area contributed by atoms with Crippen LogP contribution in [0.5, 0.6) is 0 Å². The van der Waals surface area contributed by atoms with Crippen molar-refractivity contribution >= 4 is 21.7 Å². The Labute approximate surface area is 156 Å². The predicted molar refractivity (Wildman–Crippen MR) is 110 cm³/mol. The highest BCUT2D eigenvalue weighted by molar-refractivity contribution is 6.21. The molecule has 4 aromatic carbocycles. The van der Waals surface area contributed by atoms with Crippen LogP contribution in [0.15, 0.2) is 78.9 Å². The molecule has 1 aliphatic rings. The van der Waals surface area contributed by atoms with Crippen LogP contribution in [0.4, 0.5) is 0 Å². The van der Waals surface area contributed by atoms with Crippen molar-refractivity contribution in [3.63, 3.8) is 0 Å². The molecule has 1 aromatic heterocycles. The third-order valence-electron chi connectivity index (χ3n) is 5.59. The lowest BCUT2D eigenvalue weighted by molar-refractivity contribution is 1.47. The lowest BCUT2D eigenvalue weighted by Gasteiger charge is -2.05. The van der Waals surface area contributed by atoms with Gasteiger partial charge in [-0.2, -0.15) is 5.26 Å². The third-order valence-corrected chi connectivity index (χ3v) is 5.59. The summed E-state index contributed by atoms with van der Waals surface area (Å²) in [6, 6.07) is 29.6. The molecule has 2 heteroatoms. The van der Waals surface area contributed by atoms with Crippen LogP contribution in [-0.4, -0.2) is 4.98 Å². The minimum atomic E-state index is 0.685. The molecule has 6 rings (SSSR count). The minimum absolute atomic E-state index is 0.685. The Kier molecular flexibility index (Phi) is 2.71. The van der Waals surface area contributed by atoms with E-state index in [1.54, 1.807) is 0 Å². The Morgan fingerprint density at radius 2 is 1.48 bits per heavy atom. The number of hydrogen-bond donors (Lipinski definition) is 1. The summed E-state index contributed by atoms with van der Waals surface area (Å²) in [5.41, 5.74) is 9.24. The number of fused-ring (bicyclic) bond motifs is 5. The van der Waals surface area contributed by atoms with E-state index in [1.165, 1.54) is 38.5 Å². The lowest BCUT2D eigenvalue weighted by Crippen LogP contribution is -1.81. The van der Waals surface area contributed by atoms with Gasteiger partial charge in [0.15, 0.2) is 0 Å². The number of benzene rings is 4. The van der Waals surface area contributed by atoms with Crippen molar-refractivity contribution < 1.29 is 0 Å². The molecule has 5 aromatic rings. The summed E-state index contributed by atoms with van der Waals surface area (Å²) in [5.74, 6) is 0. The van der Waals surface area contributed by atoms with Crippen molar-refractivity contribution in [1.82, 2.24) is 4.98 Å². The lowest BCUT2D eigenvalue weighted by atomic mass is 9.98. The molecule has 27 heavy (non-hydrogen) atoms. The monoisotopic (exact) mass is 342 g/mol. The predicted octanol–water partition coefficient (Wildman–Crippen LogP) is 6.51. The summed E-state index contributed by atoms with van der Waals surface area (Å²) in [6.45, 7) is 0. The fourth-order valence-electron chi connectivity index (χ4n) is 4.35. The molecule has 124 valence electrons. The first-order valence-corrected chi connectivity index (χ1v) is 9.02. The molecule has 0 saturated heterocycles. The maximum absolute atomic E-state index is 9.02. The zero-order valence-corrected chi connectivity index (χ0v) is 14.5. The van der Waals surface area contributed by atoms with Gasteiger partial charge in [0.1, 0.15) is 0 Å². The summed E-state index contributed by atoms with van der Waals surface area (Å²) in [6.07, 6.45) is 0. The first-order valence-electron chi connectivity index (χ1n) is 9.02. The number of nitrogens with zero attached hydrogens (tertiary/aromatic N) is 1. The van der Waals surface area contributed by atoms with Crippen molar-refractivity contribution in [2.24, 2.45) is 0 Å². The van der Waals surface area contributed by atoms with E-state index < -0.39 is 0 Å². The zero-order chi connectivity index (χ0) is 18.0. The largest absolute Gasteiger partial charge is 0.354 e. The highest BCUT2D eigenvalue weighted by Crippen LogP contribution is 2.50. The number of nitriles is 1. The first-order chi connectivity index (χ1) is 13.3. The van der Waals surface area contributed by atoms with Crippen molar-refractivity contribution in [3.05, 3.63) is 84.4 Å². The maximum atomic E-state index is 9.02. The molecule has 2 nitrogen and oxygen atoms in total. The maximum Gasteiger partial charge on any atom is 0.0991 e. The number of aromatic nitrogens is 1. The van der Waals surface area contributed by atoms with E-state index in [0.29, 0.717) is 5.56 Å². The second-order valence-corrected chi connectivity index (χ2v) is 7.03. The van der Waals surface area contributed by atoms with Gasteiger partial charge in [-0.3, -0.25) is 0 Å². The van der Waals surface area contributed by atoms with Crippen LogP contribution in [0.3, 0.4) is 0 Å². The van der Waals surface area contributed by atoms with Gasteiger partial charge in [0.25, 0.3) is 0 Å². The van der Waals surface area contributed by atoms with Gasteiger partial charge >= 0.3 is 0 Å². The molecule has 0 spiro atoms. The summed E-state index contributed by atoms with van der Waals surface area (Å²) >= 11 is 0. The van der Waals surface area contributed by atoms with Crippen LogP contribution in [0.2, 0.25) is 0 Å². The summed E-state index contributed by atoms with van der Waals surface area (Å²) < 4.78 is 0. The van der Waals surface area contributed by atoms with E-state index in [4.69, 9.17) is 5.26 Å². The smallest absolute Gasteiger partial charge is 0.0991 e. The molecular formula is C25H14N2. The Bertz CT molecular complexity index is 1410. The Hall–Kier alpha value is -3.83. The number of hydrogen-bond acceptors (Lipinski definition) is 1. The van der Waals surface area contributed by atoms with Crippen LogP contribution < -0.4 is 0 Å². The van der Waals surface area contributed by atoms with Gasteiger partial charge in [0.05, 0.1) is 17.3 Å². The topological polar surface area (TPSA) is 39.6 Å². The van der Waals surface area contributed by atoms with Gasteiger partial charge in [-0.15, -0.1) is 0 Å². The van der Waals surface area contributed by atoms with Crippen LogP contribution >= 0.6 is 0 Å². The molecule has 0 fully saturated rings. The molecule has 0 bridgehead atoms. The van der Waals surface area contributed by atoms with Gasteiger partial charge < -0.3 is 4.98 Å². The Balaban J connectivity index is 1.62. The molecular weight excluding hydrogens is 328 g/mol. The SMILES string of the molecule is N#Cc1ccc(-c2ccc3[nH]c4c(c3c2)-c2cccc3cccc-4c23)cc1. The highest BCUT2D eigenvalue weighted by Gasteiger charge is 2.25. The van der Waals surface area contributed by atoms with E-state index in [0.717, 1.165) is 16.6 Å². The average Bonchev–Trinajstić information content (AvgIpc) is 3.25. The van der Waals surface area contributed by atoms with E-state index >= 15 is 0 Å². The molecule has 1 N–H and O–H groups in total. The molecule has 0 radical (unpaired) electrons. The number of H-pyrrole nitrogens is 1. The Morgan fingerprint density at radius 1 is 0.741 bits per heavy atom. The minimum Gasteiger partial charge on any atom is -0.354 e. The molecule has 0 saturated carbocycles. The van der Waals surface area contributed by atoms with Crippen molar-refractivity contribution in [3.8, 4) is 39.6 Å². The number of rotatable bonds is 1. The molecule has 0 amide bonds. The fraction of sp³-hybridized carbons (Fsp3) is 0. The van der Waals surface area contributed by atoms with Crippen molar-refractivity contribution in [1.29, 1.82) is 5.26 Å². The van der Waals surface area contributed by atoms with Crippen LogP contribution in [0.1, 0.15) is 5.56 Å². The molecule has 1 aliphatic carbocycles. The van der Waals surface area contributed by atoms with Crippen LogP contribution in [0, 0.1) is 11.3 Å².